The maximum atomic E-state index is 13.2. The van der Waals surface area contributed by atoms with Gasteiger partial charge in [-0.25, -0.2) is 9.82 Å². The van der Waals surface area contributed by atoms with E-state index in [0.717, 1.165) is 12.8 Å². The van der Waals surface area contributed by atoms with E-state index < -0.39 is 11.9 Å². The van der Waals surface area contributed by atoms with Crippen LogP contribution in [0.25, 0.3) is 0 Å². The molecule has 3 rings (SSSR count). The first-order valence-corrected chi connectivity index (χ1v) is 7.74. The summed E-state index contributed by atoms with van der Waals surface area (Å²) in [6.07, 6.45) is 2.33. The van der Waals surface area contributed by atoms with Crippen molar-refractivity contribution in [3.8, 4) is 0 Å². The predicted molar refractivity (Wildman–Crippen MR) is 80.9 cm³/mol. The second kappa shape index (κ2) is 6.64. The number of rotatable bonds is 3. The van der Waals surface area contributed by atoms with Gasteiger partial charge < -0.3 is 10.1 Å². The molecule has 2 aliphatic rings. The van der Waals surface area contributed by atoms with Gasteiger partial charge in [-0.3, -0.25) is 15.0 Å². The van der Waals surface area contributed by atoms with Gasteiger partial charge in [0.2, 0.25) is 0 Å². The first-order chi connectivity index (χ1) is 11.1. The molecule has 0 aromatic heterocycles. The van der Waals surface area contributed by atoms with Crippen molar-refractivity contribution in [1.29, 1.82) is 0 Å². The molecular weight excluding hydrogens is 301 g/mol. The van der Waals surface area contributed by atoms with Crippen molar-refractivity contribution in [2.75, 3.05) is 7.11 Å². The van der Waals surface area contributed by atoms with E-state index in [0.29, 0.717) is 12.0 Å². The number of hydrogen-bond acceptors (Lipinski definition) is 5. The van der Waals surface area contributed by atoms with Crippen LogP contribution in [0.3, 0.4) is 0 Å². The summed E-state index contributed by atoms with van der Waals surface area (Å²) in [6.45, 7) is 0. The van der Waals surface area contributed by atoms with Gasteiger partial charge in [0.25, 0.3) is 5.91 Å². The number of carbonyl (C=O) groups excluding carboxylic acids is 2. The number of carbonyl (C=O) groups is 2. The van der Waals surface area contributed by atoms with Gasteiger partial charge in [-0.1, -0.05) is 6.07 Å². The van der Waals surface area contributed by atoms with Crippen molar-refractivity contribution >= 4 is 11.9 Å². The molecule has 1 heterocycles. The van der Waals surface area contributed by atoms with Crippen molar-refractivity contribution in [3.63, 3.8) is 0 Å². The quantitative estimate of drug-likeness (QED) is 0.716. The van der Waals surface area contributed by atoms with Crippen molar-refractivity contribution in [3.05, 3.63) is 35.6 Å². The predicted octanol–water partition coefficient (Wildman–Crippen LogP) is 0.742. The monoisotopic (exact) mass is 321 g/mol. The van der Waals surface area contributed by atoms with E-state index in [9.17, 15) is 14.0 Å². The second-order valence-electron chi connectivity index (χ2n) is 6.05. The molecule has 1 aromatic rings. The van der Waals surface area contributed by atoms with E-state index in [1.54, 1.807) is 6.07 Å². The zero-order valence-electron chi connectivity index (χ0n) is 12.8. The Labute approximate surface area is 133 Å². The van der Waals surface area contributed by atoms with Crippen LogP contribution in [0.15, 0.2) is 24.3 Å². The van der Waals surface area contributed by atoms with Crippen LogP contribution >= 0.6 is 0 Å². The molecule has 1 amide bonds. The molecular formula is C16H20FN3O3. The Morgan fingerprint density at radius 1 is 1.30 bits per heavy atom. The van der Waals surface area contributed by atoms with Crippen LogP contribution in [0.1, 0.15) is 29.6 Å². The number of hydrogen-bond donors (Lipinski definition) is 3. The Kier molecular flexibility index (Phi) is 4.58. The highest BCUT2D eigenvalue weighted by Crippen LogP contribution is 2.31. The molecule has 124 valence electrons. The maximum absolute atomic E-state index is 13.2. The number of fused-ring (bicyclic) bond motifs is 1. The van der Waals surface area contributed by atoms with E-state index in [1.807, 2.05) is 0 Å². The number of amides is 1. The number of hydrazine groups is 1. The van der Waals surface area contributed by atoms with E-state index in [4.69, 9.17) is 4.74 Å². The largest absolute Gasteiger partial charge is 0.468 e. The van der Waals surface area contributed by atoms with Gasteiger partial charge in [-0.15, -0.1) is 0 Å². The van der Waals surface area contributed by atoms with E-state index in [-0.39, 0.29) is 29.9 Å². The Morgan fingerprint density at radius 2 is 2.13 bits per heavy atom. The first kappa shape index (κ1) is 15.9. The highest BCUT2D eigenvalue weighted by Gasteiger charge is 2.44. The normalized spacial score (nSPS) is 29.7. The van der Waals surface area contributed by atoms with Crippen LogP contribution in [0, 0.1) is 11.7 Å². The molecule has 0 bridgehead atoms. The molecule has 0 radical (unpaired) electrons. The third-order valence-electron chi connectivity index (χ3n) is 4.63. The summed E-state index contributed by atoms with van der Waals surface area (Å²) < 4.78 is 18.0. The summed E-state index contributed by atoms with van der Waals surface area (Å²) in [4.78, 5) is 24.0. The van der Waals surface area contributed by atoms with Crippen LogP contribution in [-0.4, -0.2) is 37.1 Å². The number of methoxy groups -OCH3 is 1. The number of halogens is 1. The van der Waals surface area contributed by atoms with Gasteiger partial charge in [0.05, 0.1) is 7.11 Å². The zero-order valence-corrected chi connectivity index (χ0v) is 12.8. The van der Waals surface area contributed by atoms with Crippen LogP contribution in [0.4, 0.5) is 4.39 Å². The molecule has 1 aliphatic heterocycles. The van der Waals surface area contributed by atoms with Crippen molar-refractivity contribution in [1.82, 2.24) is 16.2 Å². The lowest BCUT2D eigenvalue weighted by molar-refractivity contribution is -0.144. The lowest BCUT2D eigenvalue weighted by Gasteiger charge is -2.32. The average molecular weight is 321 g/mol. The van der Waals surface area contributed by atoms with E-state index in [1.165, 1.54) is 25.3 Å². The molecule has 1 saturated carbocycles. The maximum Gasteiger partial charge on any atom is 0.324 e. The Balaban J connectivity index is 1.64. The number of esters is 1. The van der Waals surface area contributed by atoms with Crippen molar-refractivity contribution < 1.29 is 18.7 Å². The molecule has 1 saturated heterocycles. The Hall–Kier alpha value is -1.99. The minimum Gasteiger partial charge on any atom is -0.468 e. The molecule has 7 heteroatoms. The van der Waals surface area contributed by atoms with Crippen molar-refractivity contribution in [2.45, 2.75) is 37.4 Å². The fraction of sp³-hybridized carbons (Fsp3) is 0.500. The van der Waals surface area contributed by atoms with Crippen LogP contribution < -0.4 is 16.2 Å². The fourth-order valence-electron chi connectivity index (χ4n) is 3.45. The Bertz CT molecular complexity index is 610. The number of ether oxygens (including phenoxy) is 1. The molecule has 1 aromatic carbocycles. The summed E-state index contributed by atoms with van der Waals surface area (Å²) in [5, 5.41) is 2.94. The topological polar surface area (TPSA) is 79.5 Å². The molecule has 23 heavy (non-hydrogen) atoms. The molecule has 1 aliphatic carbocycles. The molecule has 3 N–H and O–H groups in total. The lowest BCUT2D eigenvalue weighted by atomic mass is 9.79. The highest BCUT2D eigenvalue weighted by atomic mass is 19.1. The third-order valence-corrected chi connectivity index (χ3v) is 4.63. The van der Waals surface area contributed by atoms with Gasteiger partial charge in [0, 0.05) is 23.6 Å². The van der Waals surface area contributed by atoms with Crippen LogP contribution in [0.5, 0.6) is 0 Å². The van der Waals surface area contributed by atoms with Crippen molar-refractivity contribution in [2.24, 2.45) is 5.92 Å². The van der Waals surface area contributed by atoms with E-state index in [2.05, 4.69) is 16.2 Å². The summed E-state index contributed by atoms with van der Waals surface area (Å²) in [6, 6.07) is 5.37. The molecule has 4 atom stereocenters. The van der Waals surface area contributed by atoms with Gasteiger partial charge in [0.1, 0.15) is 11.9 Å². The molecule has 4 unspecified atom stereocenters. The highest BCUT2D eigenvalue weighted by molar-refractivity contribution is 5.94. The smallest absolute Gasteiger partial charge is 0.324 e. The second-order valence-corrected chi connectivity index (χ2v) is 6.05. The van der Waals surface area contributed by atoms with Gasteiger partial charge in [-0.05, 0) is 37.5 Å². The summed E-state index contributed by atoms with van der Waals surface area (Å²) in [5.74, 6) is -0.964. The van der Waals surface area contributed by atoms with E-state index >= 15 is 0 Å². The standard InChI is InChI=1S/C16H20FN3O3/c1-23-16(22)14-12-8-11(5-6-13(12)19-20-14)18-15(21)9-3-2-4-10(17)7-9/h2-4,7,11-14,19-20H,5-6,8H2,1H3,(H,18,21). The summed E-state index contributed by atoms with van der Waals surface area (Å²) in [7, 11) is 1.36. The molecule has 6 nitrogen and oxygen atoms in total. The van der Waals surface area contributed by atoms with Gasteiger partial charge >= 0.3 is 5.97 Å². The first-order valence-electron chi connectivity index (χ1n) is 7.74. The number of nitrogens with one attached hydrogen (secondary N) is 3. The minimum absolute atomic E-state index is 0.0409. The Morgan fingerprint density at radius 3 is 2.87 bits per heavy atom. The van der Waals surface area contributed by atoms with Crippen LogP contribution in [-0.2, 0) is 9.53 Å². The minimum atomic E-state index is -0.434. The summed E-state index contributed by atoms with van der Waals surface area (Å²) >= 11 is 0. The van der Waals surface area contributed by atoms with Gasteiger partial charge in [0.15, 0.2) is 0 Å². The fourth-order valence-corrected chi connectivity index (χ4v) is 3.45. The lowest BCUT2D eigenvalue weighted by Crippen LogP contribution is -2.46. The average Bonchev–Trinajstić information content (AvgIpc) is 2.97. The SMILES string of the molecule is COC(=O)C1NNC2CCC(NC(=O)c3cccc(F)c3)CC21. The number of benzene rings is 1. The molecule has 2 fully saturated rings. The van der Waals surface area contributed by atoms with Gasteiger partial charge in [-0.2, -0.15) is 0 Å². The third kappa shape index (κ3) is 3.35. The van der Waals surface area contributed by atoms with Crippen LogP contribution in [0.2, 0.25) is 0 Å². The zero-order chi connectivity index (χ0) is 16.4. The summed E-state index contributed by atoms with van der Waals surface area (Å²) in [5.41, 5.74) is 6.40. The molecule has 0 spiro atoms.